The van der Waals surface area contributed by atoms with Crippen molar-refractivity contribution < 1.29 is 19.0 Å². The van der Waals surface area contributed by atoms with Gasteiger partial charge in [-0.2, -0.15) is 0 Å². The second kappa shape index (κ2) is 7.53. The maximum atomic E-state index is 13.6. The van der Waals surface area contributed by atoms with Gasteiger partial charge < -0.3 is 9.84 Å². The van der Waals surface area contributed by atoms with Crippen LogP contribution in [0.3, 0.4) is 0 Å². The van der Waals surface area contributed by atoms with Crippen molar-refractivity contribution in [2.24, 2.45) is 0 Å². The van der Waals surface area contributed by atoms with Gasteiger partial charge in [-0.05, 0) is 31.7 Å². The van der Waals surface area contributed by atoms with Gasteiger partial charge in [-0.3, -0.25) is 4.90 Å². The van der Waals surface area contributed by atoms with Crippen molar-refractivity contribution in [3.8, 4) is 5.75 Å². The lowest BCUT2D eigenvalue weighted by Gasteiger charge is -2.15. The summed E-state index contributed by atoms with van der Waals surface area (Å²) < 4.78 is 18.7. The lowest BCUT2D eigenvalue weighted by molar-refractivity contribution is -0.131. The van der Waals surface area contributed by atoms with E-state index < -0.39 is 5.97 Å². The molecule has 5 heteroatoms. The SMILES string of the molecule is CCOc1ccc(CN(C)C/C=C/C(=O)O)cc1F. The van der Waals surface area contributed by atoms with E-state index in [1.807, 2.05) is 11.9 Å². The van der Waals surface area contributed by atoms with E-state index in [0.717, 1.165) is 11.6 Å². The Balaban J connectivity index is 2.57. The van der Waals surface area contributed by atoms with E-state index in [4.69, 9.17) is 9.84 Å². The number of likely N-dealkylation sites (N-methyl/N-ethyl adjacent to an activating group) is 1. The van der Waals surface area contributed by atoms with E-state index in [0.29, 0.717) is 19.7 Å². The molecule has 0 amide bonds. The van der Waals surface area contributed by atoms with Crippen molar-refractivity contribution in [2.45, 2.75) is 13.5 Å². The molecule has 0 unspecified atom stereocenters. The highest BCUT2D eigenvalue weighted by atomic mass is 19.1. The molecule has 0 spiro atoms. The largest absolute Gasteiger partial charge is 0.491 e. The first-order valence-corrected chi connectivity index (χ1v) is 6.02. The lowest BCUT2D eigenvalue weighted by atomic mass is 10.2. The first-order valence-electron chi connectivity index (χ1n) is 6.02. The maximum absolute atomic E-state index is 13.6. The Kier molecular flexibility index (Phi) is 6.02. The van der Waals surface area contributed by atoms with Crippen LogP contribution in [0.5, 0.6) is 5.75 Å². The quantitative estimate of drug-likeness (QED) is 0.770. The second-order valence-corrected chi connectivity index (χ2v) is 4.14. The molecule has 4 nitrogen and oxygen atoms in total. The Bertz CT molecular complexity index is 460. The zero-order valence-corrected chi connectivity index (χ0v) is 11.1. The van der Waals surface area contributed by atoms with E-state index in [-0.39, 0.29) is 11.6 Å². The molecular formula is C14H18FNO3. The molecule has 0 aliphatic heterocycles. The Morgan fingerprint density at radius 3 is 2.84 bits per heavy atom. The van der Waals surface area contributed by atoms with Gasteiger partial charge in [0.25, 0.3) is 0 Å². The van der Waals surface area contributed by atoms with E-state index in [1.165, 1.54) is 6.07 Å². The normalized spacial score (nSPS) is 11.2. The van der Waals surface area contributed by atoms with Crippen LogP contribution >= 0.6 is 0 Å². The van der Waals surface area contributed by atoms with Crippen LogP contribution in [0.2, 0.25) is 0 Å². The third-order valence-electron chi connectivity index (χ3n) is 2.43. The molecule has 0 radical (unpaired) electrons. The van der Waals surface area contributed by atoms with Crippen molar-refractivity contribution in [1.82, 2.24) is 4.90 Å². The highest BCUT2D eigenvalue weighted by Gasteiger charge is 2.05. The lowest BCUT2D eigenvalue weighted by Crippen LogP contribution is -2.18. The minimum Gasteiger partial charge on any atom is -0.491 e. The first kappa shape index (κ1) is 15.2. The summed E-state index contributed by atoms with van der Waals surface area (Å²) in [5.41, 5.74) is 0.812. The van der Waals surface area contributed by atoms with E-state index >= 15 is 0 Å². The summed E-state index contributed by atoms with van der Waals surface area (Å²) in [5, 5.41) is 8.46. The van der Waals surface area contributed by atoms with Crippen molar-refractivity contribution in [1.29, 1.82) is 0 Å². The number of benzene rings is 1. The average Bonchev–Trinajstić information content (AvgIpc) is 2.32. The minimum atomic E-state index is -0.972. The molecule has 1 aromatic carbocycles. The number of carboxylic acid groups (broad SMARTS) is 1. The van der Waals surface area contributed by atoms with E-state index in [2.05, 4.69) is 0 Å². The van der Waals surface area contributed by atoms with E-state index in [9.17, 15) is 9.18 Å². The number of hydrogen-bond acceptors (Lipinski definition) is 3. The number of halogens is 1. The summed E-state index contributed by atoms with van der Waals surface area (Å²) in [7, 11) is 1.83. The summed E-state index contributed by atoms with van der Waals surface area (Å²) in [6, 6.07) is 4.84. The molecule has 0 aliphatic carbocycles. The molecule has 0 aliphatic rings. The van der Waals surface area contributed by atoms with Crippen molar-refractivity contribution >= 4 is 5.97 Å². The van der Waals surface area contributed by atoms with Gasteiger partial charge in [-0.15, -0.1) is 0 Å². The van der Waals surface area contributed by atoms with Crippen LogP contribution in [-0.4, -0.2) is 36.2 Å². The Morgan fingerprint density at radius 1 is 1.53 bits per heavy atom. The Morgan fingerprint density at radius 2 is 2.26 bits per heavy atom. The van der Waals surface area contributed by atoms with Gasteiger partial charge in [0.2, 0.25) is 0 Å². The topological polar surface area (TPSA) is 49.8 Å². The number of aliphatic carboxylic acids is 1. The molecule has 0 heterocycles. The number of rotatable bonds is 7. The predicted molar refractivity (Wildman–Crippen MR) is 70.7 cm³/mol. The van der Waals surface area contributed by atoms with Gasteiger partial charge in [0.1, 0.15) is 0 Å². The molecule has 104 valence electrons. The van der Waals surface area contributed by atoms with Crippen molar-refractivity contribution in [3.05, 3.63) is 41.7 Å². The fourth-order valence-electron chi connectivity index (χ4n) is 1.62. The minimum absolute atomic E-state index is 0.250. The number of carbonyl (C=O) groups is 1. The smallest absolute Gasteiger partial charge is 0.328 e. The Labute approximate surface area is 112 Å². The average molecular weight is 267 g/mol. The molecule has 1 rings (SSSR count). The Hall–Kier alpha value is -1.88. The van der Waals surface area contributed by atoms with Crippen LogP contribution in [0.4, 0.5) is 4.39 Å². The van der Waals surface area contributed by atoms with Crippen LogP contribution in [0.1, 0.15) is 12.5 Å². The maximum Gasteiger partial charge on any atom is 0.328 e. The fraction of sp³-hybridized carbons (Fsp3) is 0.357. The van der Waals surface area contributed by atoms with Gasteiger partial charge in [-0.25, -0.2) is 9.18 Å². The molecule has 1 aromatic rings. The molecule has 0 atom stereocenters. The molecule has 0 saturated carbocycles. The summed E-state index contributed by atoms with van der Waals surface area (Å²) in [6.45, 7) is 3.25. The van der Waals surface area contributed by atoms with Crippen LogP contribution in [0.25, 0.3) is 0 Å². The summed E-state index contributed by atoms with van der Waals surface area (Å²) in [6.07, 6.45) is 2.64. The van der Waals surface area contributed by atoms with Crippen molar-refractivity contribution in [2.75, 3.05) is 20.2 Å². The summed E-state index contributed by atoms with van der Waals surface area (Å²) >= 11 is 0. The van der Waals surface area contributed by atoms with Gasteiger partial charge in [-0.1, -0.05) is 12.1 Å². The molecule has 0 saturated heterocycles. The fourth-order valence-corrected chi connectivity index (χ4v) is 1.62. The van der Waals surface area contributed by atoms with Gasteiger partial charge >= 0.3 is 5.97 Å². The van der Waals surface area contributed by atoms with Crippen LogP contribution in [-0.2, 0) is 11.3 Å². The van der Waals surface area contributed by atoms with Crippen LogP contribution in [0.15, 0.2) is 30.4 Å². The zero-order valence-electron chi connectivity index (χ0n) is 11.1. The number of carboxylic acids is 1. The predicted octanol–water partition coefficient (Wildman–Crippen LogP) is 2.30. The number of hydrogen-bond donors (Lipinski definition) is 1. The number of ether oxygens (including phenoxy) is 1. The highest BCUT2D eigenvalue weighted by molar-refractivity contribution is 5.79. The monoisotopic (exact) mass is 267 g/mol. The summed E-state index contributed by atoms with van der Waals surface area (Å²) in [4.78, 5) is 12.2. The molecule has 1 N–H and O–H groups in total. The molecule has 0 bridgehead atoms. The first-order chi connectivity index (χ1) is 9.02. The molecule has 19 heavy (non-hydrogen) atoms. The number of nitrogens with zero attached hydrogens (tertiary/aromatic N) is 1. The third-order valence-corrected chi connectivity index (χ3v) is 2.43. The van der Waals surface area contributed by atoms with Crippen molar-refractivity contribution in [3.63, 3.8) is 0 Å². The van der Waals surface area contributed by atoms with E-state index in [1.54, 1.807) is 25.1 Å². The zero-order chi connectivity index (χ0) is 14.3. The van der Waals surface area contributed by atoms with Crippen LogP contribution < -0.4 is 4.74 Å². The van der Waals surface area contributed by atoms with Gasteiger partial charge in [0, 0.05) is 19.2 Å². The van der Waals surface area contributed by atoms with Gasteiger partial charge in [0.15, 0.2) is 11.6 Å². The standard InChI is InChI=1S/C14H18FNO3/c1-3-19-13-7-6-11(9-12(13)15)10-16(2)8-4-5-14(17)18/h4-7,9H,3,8,10H2,1-2H3,(H,17,18)/b5-4+. The molecule has 0 fully saturated rings. The molecular weight excluding hydrogens is 249 g/mol. The highest BCUT2D eigenvalue weighted by Crippen LogP contribution is 2.18. The summed E-state index contributed by atoms with van der Waals surface area (Å²) in [5.74, 6) is -1.10. The van der Waals surface area contributed by atoms with Gasteiger partial charge in [0.05, 0.1) is 6.61 Å². The molecule has 0 aromatic heterocycles. The third kappa shape index (κ3) is 5.52. The second-order valence-electron chi connectivity index (χ2n) is 4.14. The van der Waals surface area contributed by atoms with Crippen LogP contribution in [0, 0.1) is 5.82 Å².